The van der Waals surface area contributed by atoms with Crippen LogP contribution in [0.3, 0.4) is 0 Å². The standard InChI is InChI=1S/C12H13NO/c14-12(9-11-7-4-8-13-11)10-5-2-1-3-6-10/h1-3,5-6,9,13H,4,7-8H2. The molecule has 1 fully saturated rings. The molecule has 1 heterocycles. The minimum Gasteiger partial charge on any atom is -0.388 e. The summed E-state index contributed by atoms with van der Waals surface area (Å²) in [5, 5.41) is 3.20. The first-order valence-electron chi connectivity index (χ1n) is 4.90. The SMILES string of the molecule is O=C(C=C1CCCN1)c1ccccc1. The first-order chi connectivity index (χ1) is 6.86. The lowest BCUT2D eigenvalue weighted by molar-refractivity contribution is 0.104. The molecule has 14 heavy (non-hydrogen) atoms. The molecule has 0 aliphatic carbocycles. The van der Waals surface area contributed by atoms with Gasteiger partial charge in [0.1, 0.15) is 0 Å². The van der Waals surface area contributed by atoms with Crippen LogP contribution in [0.1, 0.15) is 23.2 Å². The van der Waals surface area contributed by atoms with Crippen molar-refractivity contribution in [3.05, 3.63) is 47.7 Å². The molecule has 1 saturated heterocycles. The topological polar surface area (TPSA) is 29.1 Å². The number of benzene rings is 1. The summed E-state index contributed by atoms with van der Waals surface area (Å²) in [6.45, 7) is 0.994. The van der Waals surface area contributed by atoms with Crippen LogP contribution in [0.2, 0.25) is 0 Å². The summed E-state index contributed by atoms with van der Waals surface area (Å²) < 4.78 is 0. The molecule has 2 nitrogen and oxygen atoms in total. The van der Waals surface area contributed by atoms with Gasteiger partial charge in [-0.15, -0.1) is 0 Å². The van der Waals surface area contributed by atoms with E-state index in [1.807, 2.05) is 30.3 Å². The van der Waals surface area contributed by atoms with E-state index in [0.29, 0.717) is 0 Å². The van der Waals surface area contributed by atoms with Crippen LogP contribution in [0.4, 0.5) is 0 Å². The van der Waals surface area contributed by atoms with Gasteiger partial charge in [-0.3, -0.25) is 4.79 Å². The number of ketones is 1. The fourth-order valence-corrected chi connectivity index (χ4v) is 1.58. The third-order valence-corrected chi connectivity index (χ3v) is 2.34. The Kier molecular flexibility index (Phi) is 2.63. The lowest BCUT2D eigenvalue weighted by Crippen LogP contribution is -2.06. The van der Waals surface area contributed by atoms with Crippen molar-refractivity contribution >= 4 is 5.78 Å². The molecular weight excluding hydrogens is 174 g/mol. The minimum atomic E-state index is 0.0926. The van der Waals surface area contributed by atoms with Gasteiger partial charge in [0.25, 0.3) is 0 Å². The third-order valence-electron chi connectivity index (χ3n) is 2.34. The Morgan fingerprint density at radius 3 is 2.71 bits per heavy atom. The van der Waals surface area contributed by atoms with Crippen LogP contribution in [0.5, 0.6) is 0 Å². The van der Waals surface area contributed by atoms with Crippen molar-refractivity contribution in [3.8, 4) is 0 Å². The fraction of sp³-hybridized carbons (Fsp3) is 0.250. The molecule has 0 bridgehead atoms. The molecular formula is C12H13NO. The lowest BCUT2D eigenvalue weighted by atomic mass is 10.1. The van der Waals surface area contributed by atoms with E-state index in [9.17, 15) is 4.79 Å². The number of allylic oxidation sites excluding steroid dienone is 2. The Hall–Kier alpha value is -1.57. The van der Waals surface area contributed by atoms with Gasteiger partial charge >= 0.3 is 0 Å². The van der Waals surface area contributed by atoms with Crippen molar-refractivity contribution < 1.29 is 4.79 Å². The molecule has 1 N–H and O–H groups in total. The van der Waals surface area contributed by atoms with Gasteiger partial charge in [0.15, 0.2) is 5.78 Å². The molecule has 0 saturated carbocycles. The van der Waals surface area contributed by atoms with Crippen LogP contribution in [0.25, 0.3) is 0 Å². The van der Waals surface area contributed by atoms with Gasteiger partial charge in [-0.25, -0.2) is 0 Å². The lowest BCUT2D eigenvalue weighted by Gasteiger charge is -1.98. The van der Waals surface area contributed by atoms with E-state index in [4.69, 9.17) is 0 Å². The normalized spacial score (nSPS) is 18.1. The van der Waals surface area contributed by atoms with Crippen LogP contribution < -0.4 is 5.32 Å². The van der Waals surface area contributed by atoms with Gasteiger partial charge in [-0.1, -0.05) is 30.3 Å². The Morgan fingerprint density at radius 1 is 1.29 bits per heavy atom. The Bertz CT molecular complexity index is 346. The van der Waals surface area contributed by atoms with E-state index in [1.165, 1.54) is 0 Å². The molecule has 1 aromatic carbocycles. The maximum Gasteiger partial charge on any atom is 0.187 e. The molecule has 2 rings (SSSR count). The highest BCUT2D eigenvalue weighted by Gasteiger charge is 2.08. The highest BCUT2D eigenvalue weighted by atomic mass is 16.1. The largest absolute Gasteiger partial charge is 0.388 e. The van der Waals surface area contributed by atoms with Gasteiger partial charge < -0.3 is 5.32 Å². The second kappa shape index (κ2) is 4.09. The van der Waals surface area contributed by atoms with Gasteiger partial charge in [0, 0.05) is 23.9 Å². The van der Waals surface area contributed by atoms with Crippen molar-refractivity contribution in [2.75, 3.05) is 6.54 Å². The van der Waals surface area contributed by atoms with Crippen molar-refractivity contribution in [2.24, 2.45) is 0 Å². The van der Waals surface area contributed by atoms with E-state index in [0.717, 1.165) is 30.6 Å². The Balaban J connectivity index is 2.13. The summed E-state index contributed by atoms with van der Waals surface area (Å²) in [6, 6.07) is 9.36. The fourth-order valence-electron chi connectivity index (χ4n) is 1.58. The number of hydrogen-bond acceptors (Lipinski definition) is 2. The first kappa shape index (κ1) is 9.00. The highest BCUT2D eigenvalue weighted by molar-refractivity contribution is 6.04. The minimum absolute atomic E-state index is 0.0926. The second-order valence-electron chi connectivity index (χ2n) is 3.43. The number of carbonyl (C=O) groups is 1. The molecule has 1 aliphatic heterocycles. The maximum absolute atomic E-state index is 11.7. The Labute approximate surface area is 83.6 Å². The molecule has 0 spiro atoms. The highest BCUT2D eigenvalue weighted by Crippen LogP contribution is 2.10. The smallest absolute Gasteiger partial charge is 0.187 e. The van der Waals surface area contributed by atoms with Crippen LogP contribution in [-0.2, 0) is 0 Å². The predicted molar refractivity (Wildman–Crippen MR) is 56.1 cm³/mol. The Morgan fingerprint density at radius 2 is 2.07 bits per heavy atom. The molecule has 0 amide bonds. The second-order valence-corrected chi connectivity index (χ2v) is 3.43. The summed E-state index contributed by atoms with van der Waals surface area (Å²) in [7, 11) is 0. The quantitative estimate of drug-likeness (QED) is 0.567. The molecule has 1 aromatic rings. The first-order valence-corrected chi connectivity index (χ1v) is 4.90. The number of nitrogens with one attached hydrogen (secondary N) is 1. The van der Waals surface area contributed by atoms with Crippen molar-refractivity contribution in [3.63, 3.8) is 0 Å². The van der Waals surface area contributed by atoms with Crippen LogP contribution in [-0.4, -0.2) is 12.3 Å². The summed E-state index contributed by atoms with van der Waals surface area (Å²) >= 11 is 0. The van der Waals surface area contributed by atoms with Gasteiger partial charge in [0.2, 0.25) is 0 Å². The number of rotatable bonds is 2. The zero-order valence-corrected chi connectivity index (χ0v) is 7.99. The number of hydrogen-bond donors (Lipinski definition) is 1. The summed E-state index contributed by atoms with van der Waals surface area (Å²) in [4.78, 5) is 11.7. The van der Waals surface area contributed by atoms with E-state index in [1.54, 1.807) is 6.08 Å². The van der Waals surface area contributed by atoms with Crippen LogP contribution >= 0.6 is 0 Å². The molecule has 0 radical (unpaired) electrons. The van der Waals surface area contributed by atoms with Crippen molar-refractivity contribution in [1.82, 2.24) is 5.32 Å². The zero-order chi connectivity index (χ0) is 9.80. The summed E-state index contributed by atoms with van der Waals surface area (Å²) in [6.07, 6.45) is 3.84. The molecule has 0 aromatic heterocycles. The number of carbonyl (C=O) groups excluding carboxylic acids is 1. The summed E-state index contributed by atoms with van der Waals surface area (Å²) in [5.41, 5.74) is 1.83. The third kappa shape index (κ3) is 2.02. The molecule has 2 heteroatoms. The van der Waals surface area contributed by atoms with Crippen LogP contribution in [0.15, 0.2) is 42.1 Å². The molecule has 1 aliphatic rings. The summed E-state index contributed by atoms with van der Waals surface area (Å²) in [5.74, 6) is 0.0926. The predicted octanol–water partition coefficient (Wildman–Crippen LogP) is 2.14. The average molecular weight is 187 g/mol. The maximum atomic E-state index is 11.7. The molecule has 72 valence electrons. The van der Waals surface area contributed by atoms with E-state index in [2.05, 4.69) is 5.32 Å². The molecule has 0 atom stereocenters. The average Bonchev–Trinajstić information content (AvgIpc) is 2.72. The van der Waals surface area contributed by atoms with Gasteiger partial charge in [0.05, 0.1) is 0 Å². The monoisotopic (exact) mass is 187 g/mol. The van der Waals surface area contributed by atoms with Gasteiger partial charge in [-0.05, 0) is 12.8 Å². The van der Waals surface area contributed by atoms with Crippen molar-refractivity contribution in [1.29, 1.82) is 0 Å². The molecule has 0 unspecified atom stereocenters. The van der Waals surface area contributed by atoms with Gasteiger partial charge in [-0.2, -0.15) is 0 Å². The zero-order valence-electron chi connectivity index (χ0n) is 7.99. The van der Waals surface area contributed by atoms with E-state index >= 15 is 0 Å². The van der Waals surface area contributed by atoms with E-state index < -0.39 is 0 Å². The van der Waals surface area contributed by atoms with Crippen molar-refractivity contribution in [2.45, 2.75) is 12.8 Å². The van der Waals surface area contributed by atoms with E-state index in [-0.39, 0.29) is 5.78 Å². The van der Waals surface area contributed by atoms with Crippen LogP contribution in [0, 0.1) is 0 Å².